The van der Waals surface area contributed by atoms with Gasteiger partial charge in [0.2, 0.25) is 0 Å². The fourth-order valence-corrected chi connectivity index (χ4v) is 5.77. The van der Waals surface area contributed by atoms with Gasteiger partial charge in [0.1, 0.15) is 5.52 Å². The van der Waals surface area contributed by atoms with Crippen molar-refractivity contribution < 1.29 is 13.2 Å². The molecule has 0 aliphatic carbocycles. The lowest BCUT2D eigenvalue weighted by atomic mass is 10.2. The molecule has 9 heteroatoms. The van der Waals surface area contributed by atoms with Crippen LogP contribution in [0.5, 0.6) is 0 Å². The minimum atomic E-state index is -3.42. The highest BCUT2D eigenvalue weighted by atomic mass is 32.2. The number of aromatic nitrogens is 1. The highest BCUT2D eigenvalue weighted by Gasteiger charge is 2.23. The largest absolute Gasteiger partial charge is 0.308 e. The van der Waals surface area contributed by atoms with E-state index < -0.39 is 9.84 Å². The van der Waals surface area contributed by atoms with Gasteiger partial charge in [-0.25, -0.2) is 13.4 Å². The third-order valence-electron chi connectivity index (χ3n) is 4.49. The molecular formula is C22H27N3O3S3. The Morgan fingerprint density at radius 3 is 2.35 bits per heavy atom. The zero-order valence-corrected chi connectivity index (χ0v) is 20.8. The Morgan fingerprint density at radius 2 is 1.77 bits per heavy atom. The second-order valence-corrected chi connectivity index (χ2v) is 12.5. The van der Waals surface area contributed by atoms with Gasteiger partial charge >= 0.3 is 0 Å². The first kappa shape index (κ1) is 23.7. The van der Waals surface area contributed by atoms with Crippen LogP contribution in [0.25, 0.3) is 10.2 Å². The van der Waals surface area contributed by atoms with Gasteiger partial charge in [0, 0.05) is 35.1 Å². The summed E-state index contributed by atoms with van der Waals surface area (Å²) in [6, 6.07) is 12.7. The summed E-state index contributed by atoms with van der Waals surface area (Å²) in [7, 11) is 0.466. The fraction of sp³-hybridized carbons (Fsp3) is 0.364. The second-order valence-electron chi connectivity index (χ2n) is 7.82. The molecule has 0 radical (unpaired) electrons. The summed E-state index contributed by atoms with van der Waals surface area (Å²) in [5.74, 6) is -0.150. The lowest BCUT2D eigenvalue weighted by Crippen LogP contribution is -2.36. The van der Waals surface area contributed by atoms with Gasteiger partial charge in [0.05, 0.1) is 9.60 Å². The molecule has 1 amide bonds. The first-order valence-corrected chi connectivity index (χ1v) is 13.5. The molecule has 1 aromatic heterocycles. The van der Waals surface area contributed by atoms with E-state index >= 15 is 0 Å². The average molecular weight is 478 g/mol. The van der Waals surface area contributed by atoms with Crippen LogP contribution in [0.1, 0.15) is 24.2 Å². The highest BCUT2D eigenvalue weighted by Crippen LogP contribution is 2.33. The van der Waals surface area contributed by atoms with E-state index in [0.717, 1.165) is 9.60 Å². The van der Waals surface area contributed by atoms with Crippen LogP contribution in [0.3, 0.4) is 0 Å². The summed E-state index contributed by atoms with van der Waals surface area (Å²) in [4.78, 5) is 22.9. The molecule has 6 nitrogen and oxygen atoms in total. The Balaban J connectivity index is 2.00. The zero-order valence-electron chi connectivity index (χ0n) is 18.3. The molecule has 0 aliphatic heterocycles. The molecule has 0 saturated heterocycles. The lowest BCUT2D eigenvalue weighted by molar-refractivity contribution is 0.0985. The molecule has 3 rings (SSSR count). The van der Waals surface area contributed by atoms with Crippen molar-refractivity contribution in [2.24, 2.45) is 0 Å². The molecular weight excluding hydrogens is 450 g/mol. The number of hydrogen-bond acceptors (Lipinski definition) is 7. The molecule has 2 aromatic carbocycles. The minimum absolute atomic E-state index is 0.150. The Kier molecular flexibility index (Phi) is 7.41. The van der Waals surface area contributed by atoms with Crippen molar-refractivity contribution in [2.75, 3.05) is 38.3 Å². The summed E-state index contributed by atoms with van der Waals surface area (Å²) >= 11 is 3.07. The summed E-state index contributed by atoms with van der Waals surface area (Å²) in [6.07, 6.45) is 1.17. The number of likely N-dealkylation sites (N-methyl/N-ethyl adjacent to an activating group) is 1. The van der Waals surface area contributed by atoms with Crippen LogP contribution in [0.15, 0.2) is 52.3 Å². The molecule has 166 valence electrons. The van der Waals surface area contributed by atoms with E-state index in [1.54, 1.807) is 28.8 Å². The number of fused-ring (bicyclic) bond motifs is 1. The van der Waals surface area contributed by atoms with E-state index in [-0.39, 0.29) is 10.8 Å². The maximum atomic E-state index is 13.4. The molecule has 3 aromatic rings. The summed E-state index contributed by atoms with van der Waals surface area (Å²) in [6.45, 7) is 5.36. The molecule has 0 saturated carbocycles. The van der Waals surface area contributed by atoms with E-state index in [1.807, 2.05) is 49.3 Å². The van der Waals surface area contributed by atoms with Gasteiger partial charge in [-0.2, -0.15) is 0 Å². The number of hydrogen-bond donors (Lipinski definition) is 0. The topological polar surface area (TPSA) is 70.6 Å². The molecule has 0 unspecified atom stereocenters. The van der Waals surface area contributed by atoms with Gasteiger partial charge < -0.3 is 4.90 Å². The first-order chi connectivity index (χ1) is 14.6. The zero-order chi connectivity index (χ0) is 22.8. The number of thioether (sulfide) groups is 1. The van der Waals surface area contributed by atoms with E-state index in [1.165, 1.54) is 17.6 Å². The number of carbonyl (C=O) groups is 1. The molecule has 0 fully saturated rings. The van der Waals surface area contributed by atoms with Crippen LogP contribution in [0, 0.1) is 0 Å². The van der Waals surface area contributed by atoms with Crippen LogP contribution in [-0.4, -0.2) is 62.9 Å². The maximum Gasteiger partial charge on any atom is 0.260 e. The van der Waals surface area contributed by atoms with Crippen molar-refractivity contribution in [3.8, 4) is 0 Å². The smallest absolute Gasteiger partial charge is 0.260 e. The van der Waals surface area contributed by atoms with E-state index in [9.17, 15) is 13.2 Å². The van der Waals surface area contributed by atoms with Gasteiger partial charge in [0.15, 0.2) is 15.0 Å². The summed E-state index contributed by atoms with van der Waals surface area (Å²) < 4.78 is 25.1. The van der Waals surface area contributed by atoms with Crippen molar-refractivity contribution in [2.45, 2.75) is 28.9 Å². The van der Waals surface area contributed by atoms with Gasteiger partial charge in [-0.05, 0) is 50.5 Å². The molecule has 0 N–H and O–H groups in total. The third kappa shape index (κ3) is 5.85. The van der Waals surface area contributed by atoms with Gasteiger partial charge in [-0.15, -0.1) is 11.8 Å². The summed E-state index contributed by atoms with van der Waals surface area (Å²) in [5.41, 5.74) is 0.991. The van der Waals surface area contributed by atoms with Crippen molar-refractivity contribution in [1.29, 1.82) is 0 Å². The van der Waals surface area contributed by atoms with Crippen LogP contribution in [0.2, 0.25) is 0 Å². The normalized spacial score (nSPS) is 12.1. The van der Waals surface area contributed by atoms with Gasteiger partial charge in [0.25, 0.3) is 5.91 Å². The number of anilines is 1. The first-order valence-electron chi connectivity index (χ1n) is 9.89. The number of nitrogens with zero attached hydrogens (tertiary/aromatic N) is 3. The minimum Gasteiger partial charge on any atom is -0.308 e. The predicted octanol–water partition coefficient (Wildman–Crippen LogP) is 4.41. The summed E-state index contributed by atoms with van der Waals surface area (Å²) in [5, 5.41) is 0.962. The standard InChI is InChI=1S/C22H27N3O3S3/c1-15(2)29-17-11-9-16(10-12-17)21(26)25(14-13-24(3)4)22-23-20-18(30-22)7-6-8-19(20)31(5,27)28/h6-12,15H,13-14H2,1-5H3. The molecule has 31 heavy (non-hydrogen) atoms. The van der Waals surface area contributed by atoms with Gasteiger partial charge in [-0.1, -0.05) is 31.3 Å². The fourth-order valence-electron chi connectivity index (χ4n) is 3.01. The van der Waals surface area contributed by atoms with Crippen LogP contribution < -0.4 is 4.90 Å². The predicted molar refractivity (Wildman–Crippen MR) is 130 cm³/mol. The Labute approximate surface area is 192 Å². The lowest BCUT2D eigenvalue weighted by Gasteiger charge is -2.22. The molecule has 0 spiro atoms. The van der Waals surface area contributed by atoms with Crippen molar-refractivity contribution in [3.05, 3.63) is 48.0 Å². The number of sulfone groups is 1. The van der Waals surface area contributed by atoms with E-state index in [4.69, 9.17) is 0 Å². The number of thiazole rings is 1. The number of benzene rings is 2. The number of rotatable bonds is 8. The highest BCUT2D eigenvalue weighted by molar-refractivity contribution is 7.99. The van der Waals surface area contributed by atoms with Crippen molar-refractivity contribution in [3.63, 3.8) is 0 Å². The van der Waals surface area contributed by atoms with Gasteiger partial charge in [-0.3, -0.25) is 9.69 Å². The van der Waals surface area contributed by atoms with Crippen LogP contribution in [0.4, 0.5) is 5.13 Å². The molecule has 1 heterocycles. The molecule has 0 atom stereocenters. The number of para-hydroxylation sites is 1. The maximum absolute atomic E-state index is 13.4. The average Bonchev–Trinajstić information content (AvgIpc) is 3.10. The van der Waals surface area contributed by atoms with E-state index in [2.05, 4.69) is 18.8 Å². The monoisotopic (exact) mass is 477 g/mol. The quantitative estimate of drug-likeness (QED) is 0.448. The van der Waals surface area contributed by atoms with Crippen LogP contribution >= 0.6 is 23.1 Å². The Bertz CT molecular complexity index is 1170. The van der Waals surface area contributed by atoms with Crippen molar-refractivity contribution in [1.82, 2.24) is 9.88 Å². The second kappa shape index (κ2) is 9.68. The SMILES string of the molecule is CC(C)Sc1ccc(C(=O)N(CCN(C)C)c2nc3c(S(C)(=O)=O)cccc3s2)cc1. The van der Waals surface area contributed by atoms with Crippen molar-refractivity contribution >= 4 is 54.2 Å². The molecule has 0 bridgehead atoms. The number of carbonyl (C=O) groups excluding carboxylic acids is 1. The van der Waals surface area contributed by atoms with E-state index in [0.29, 0.717) is 34.6 Å². The molecule has 0 aliphatic rings. The Hall–Kier alpha value is -1.94. The van der Waals surface area contributed by atoms with Crippen LogP contribution in [-0.2, 0) is 9.84 Å². The number of amides is 1. The Morgan fingerprint density at radius 1 is 1.10 bits per heavy atom. The third-order valence-corrected chi connectivity index (χ3v) is 7.68.